The summed E-state index contributed by atoms with van der Waals surface area (Å²) in [4.78, 5) is 25.8. The van der Waals surface area contributed by atoms with E-state index in [9.17, 15) is 22.4 Å². The van der Waals surface area contributed by atoms with Gasteiger partial charge in [-0.3, -0.25) is 9.69 Å². The molecule has 0 atom stereocenters. The number of urea groups is 1. The molecule has 0 bridgehead atoms. The highest BCUT2D eigenvalue weighted by Gasteiger charge is 2.17. The molecule has 2 N–H and O–H groups in total. The van der Waals surface area contributed by atoms with Crippen LogP contribution in [0.3, 0.4) is 0 Å². The van der Waals surface area contributed by atoms with E-state index in [4.69, 9.17) is 11.6 Å². The second-order valence-electron chi connectivity index (χ2n) is 7.21. The van der Waals surface area contributed by atoms with Crippen molar-refractivity contribution in [2.24, 2.45) is 0 Å². The topological polar surface area (TPSA) is 95.6 Å². The first-order chi connectivity index (χ1) is 15.6. The largest absolute Gasteiger partial charge is 0.329 e. The number of anilines is 2. The van der Waals surface area contributed by atoms with Crippen LogP contribution in [0.1, 0.15) is 0 Å². The number of benzene rings is 3. The lowest BCUT2D eigenvalue weighted by atomic mass is 10.0. The number of sulfone groups is 1. The number of nitrogens with zero attached hydrogens (tertiary/aromatic N) is 1. The molecular formula is C23H21ClFN3O4S. The fourth-order valence-electron chi connectivity index (χ4n) is 3.06. The smallest absolute Gasteiger partial charge is 0.322 e. The minimum absolute atomic E-state index is 0.0775. The van der Waals surface area contributed by atoms with Crippen molar-refractivity contribution < 1.29 is 22.4 Å². The average molecular weight is 490 g/mol. The van der Waals surface area contributed by atoms with E-state index in [0.29, 0.717) is 21.8 Å². The van der Waals surface area contributed by atoms with E-state index >= 15 is 0 Å². The molecule has 0 aliphatic rings. The summed E-state index contributed by atoms with van der Waals surface area (Å²) in [7, 11) is -1.98. The molecule has 10 heteroatoms. The van der Waals surface area contributed by atoms with Crippen LogP contribution < -0.4 is 15.5 Å². The number of hydrogen-bond donors (Lipinski definition) is 2. The van der Waals surface area contributed by atoms with Crippen LogP contribution in [0.15, 0.2) is 71.6 Å². The van der Waals surface area contributed by atoms with E-state index in [0.717, 1.165) is 12.3 Å². The summed E-state index contributed by atoms with van der Waals surface area (Å²) < 4.78 is 38.7. The average Bonchev–Trinajstić information content (AvgIpc) is 2.78. The van der Waals surface area contributed by atoms with Crippen LogP contribution in [0.5, 0.6) is 0 Å². The van der Waals surface area contributed by atoms with Gasteiger partial charge in [0.1, 0.15) is 5.82 Å². The third-order valence-corrected chi connectivity index (χ3v) is 6.17. The van der Waals surface area contributed by atoms with Crippen LogP contribution in [0.4, 0.5) is 20.6 Å². The minimum atomic E-state index is -3.51. The van der Waals surface area contributed by atoms with Crippen molar-refractivity contribution in [3.8, 4) is 11.1 Å². The molecule has 0 aliphatic carbocycles. The van der Waals surface area contributed by atoms with Gasteiger partial charge in [-0.1, -0.05) is 35.9 Å². The van der Waals surface area contributed by atoms with Crippen molar-refractivity contribution >= 4 is 44.8 Å². The fraction of sp³-hybridized carbons (Fsp3) is 0.130. The molecule has 3 aromatic carbocycles. The summed E-state index contributed by atoms with van der Waals surface area (Å²) in [5, 5.41) is 5.37. The van der Waals surface area contributed by atoms with Crippen molar-refractivity contribution in [2.45, 2.75) is 4.90 Å². The summed E-state index contributed by atoms with van der Waals surface area (Å²) in [6.07, 6.45) is 1.08. The van der Waals surface area contributed by atoms with Gasteiger partial charge in [0.05, 0.1) is 17.1 Å². The van der Waals surface area contributed by atoms with Crippen LogP contribution in [0.2, 0.25) is 5.02 Å². The molecule has 0 saturated heterocycles. The zero-order chi connectivity index (χ0) is 24.2. The van der Waals surface area contributed by atoms with Gasteiger partial charge >= 0.3 is 6.03 Å². The van der Waals surface area contributed by atoms with Crippen LogP contribution in [-0.2, 0) is 14.6 Å². The standard InChI is InChI=1S/C23H21ClFN3O4S/c1-28(17-10-8-16(24)9-11-17)23(30)26-14-22(29)27-20-12-7-15(13-19(20)25)18-5-3-4-6-21(18)33(2,31)32/h3-13H,14H2,1-2H3,(H,26,30)(H,27,29). The van der Waals surface area contributed by atoms with Crippen molar-refractivity contribution in [3.63, 3.8) is 0 Å². The van der Waals surface area contributed by atoms with Gasteiger partial charge in [0.15, 0.2) is 9.84 Å². The Morgan fingerprint density at radius 1 is 1.03 bits per heavy atom. The minimum Gasteiger partial charge on any atom is -0.329 e. The van der Waals surface area contributed by atoms with E-state index in [1.807, 2.05) is 0 Å². The molecule has 3 rings (SSSR count). The predicted octanol–water partition coefficient (Wildman–Crippen LogP) is 4.33. The second-order valence-corrected chi connectivity index (χ2v) is 9.63. The summed E-state index contributed by atoms with van der Waals surface area (Å²) in [6.45, 7) is -0.380. The number of rotatable bonds is 6. The second kappa shape index (κ2) is 10.0. The Kier molecular flexibility index (Phi) is 7.35. The molecule has 3 amide bonds. The molecule has 0 radical (unpaired) electrons. The lowest BCUT2D eigenvalue weighted by Crippen LogP contribution is -2.41. The highest BCUT2D eigenvalue weighted by Crippen LogP contribution is 2.29. The van der Waals surface area contributed by atoms with Gasteiger partial charge in [-0.05, 0) is 48.0 Å². The first-order valence-electron chi connectivity index (χ1n) is 9.72. The number of carbonyl (C=O) groups excluding carboxylic acids is 2. The number of nitrogens with one attached hydrogen (secondary N) is 2. The Hall–Kier alpha value is -3.43. The van der Waals surface area contributed by atoms with Gasteiger partial charge in [-0.15, -0.1) is 0 Å². The predicted molar refractivity (Wildman–Crippen MR) is 127 cm³/mol. The molecule has 7 nitrogen and oxygen atoms in total. The zero-order valence-corrected chi connectivity index (χ0v) is 19.4. The van der Waals surface area contributed by atoms with Crippen molar-refractivity contribution in [1.29, 1.82) is 0 Å². The van der Waals surface area contributed by atoms with E-state index in [-0.39, 0.29) is 17.1 Å². The summed E-state index contributed by atoms with van der Waals surface area (Å²) in [5.41, 5.74) is 1.19. The van der Waals surface area contributed by atoms with E-state index in [1.165, 1.54) is 30.1 Å². The highest BCUT2D eigenvalue weighted by atomic mass is 35.5. The highest BCUT2D eigenvalue weighted by molar-refractivity contribution is 7.90. The maximum Gasteiger partial charge on any atom is 0.322 e. The summed E-state index contributed by atoms with van der Waals surface area (Å²) >= 11 is 5.83. The third-order valence-electron chi connectivity index (χ3n) is 4.76. The molecular weight excluding hydrogens is 469 g/mol. The Labute approximate surface area is 196 Å². The van der Waals surface area contributed by atoms with Crippen LogP contribution >= 0.6 is 11.6 Å². The van der Waals surface area contributed by atoms with Gasteiger partial charge in [-0.25, -0.2) is 17.6 Å². The molecule has 172 valence electrons. The van der Waals surface area contributed by atoms with Gasteiger partial charge in [0.25, 0.3) is 0 Å². The lowest BCUT2D eigenvalue weighted by Gasteiger charge is -2.18. The third kappa shape index (κ3) is 6.09. The molecule has 0 saturated carbocycles. The Balaban J connectivity index is 1.65. The lowest BCUT2D eigenvalue weighted by molar-refractivity contribution is -0.115. The van der Waals surface area contributed by atoms with E-state index < -0.39 is 27.6 Å². The number of halogens is 2. The molecule has 0 aliphatic heterocycles. The maximum atomic E-state index is 14.6. The monoisotopic (exact) mass is 489 g/mol. The van der Waals surface area contributed by atoms with Crippen molar-refractivity contribution in [3.05, 3.63) is 77.6 Å². The molecule has 0 spiro atoms. The van der Waals surface area contributed by atoms with Crippen molar-refractivity contribution in [2.75, 3.05) is 30.1 Å². The first-order valence-corrected chi connectivity index (χ1v) is 12.0. The Morgan fingerprint density at radius 3 is 2.33 bits per heavy atom. The Morgan fingerprint density at radius 2 is 1.70 bits per heavy atom. The zero-order valence-electron chi connectivity index (χ0n) is 17.8. The molecule has 0 aromatic heterocycles. The van der Waals surface area contributed by atoms with Crippen LogP contribution in [0, 0.1) is 5.82 Å². The van der Waals surface area contributed by atoms with Gasteiger partial charge in [0.2, 0.25) is 5.91 Å². The quantitative estimate of drug-likeness (QED) is 0.538. The number of carbonyl (C=O) groups is 2. The van der Waals surface area contributed by atoms with Crippen molar-refractivity contribution in [1.82, 2.24) is 5.32 Å². The molecule has 0 fully saturated rings. The maximum absolute atomic E-state index is 14.6. The van der Waals surface area contributed by atoms with Crippen LogP contribution in [0.25, 0.3) is 11.1 Å². The molecule has 0 heterocycles. The molecule has 33 heavy (non-hydrogen) atoms. The normalized spacial score (nSPS) is 11.0. The van der Waals surface area contributed by atoms with Gasteiger partial charge in [0, 0.05) is 29.6 Å². The van der Waals surface area contributed by atoms with Gasteiger partial charge in [-0.2, -0.15) is 0 Å². The van der Waals surface area contributed by atoms with E-state index in [2.05, 4.69) is 10.6 Å². The Bertz CT molecular complexity index is 1300. The number of hydrogen-bond acceptors (Lipinski definition) is 4. The summed E-state index contributed by atoms with van der Waals surface area (Å²) in [6, 6.07) is 16.3. The molecule has 0 unspecified atom stereocenters. The molecule has 3 aromatic rings. The van der Waals surface area contributed by atoms with E-state index in [1.54, 1.807) is 42.5 Å². The fourth-order valence-corrected chi connectivity index (χ4v) is 4.10. The number of amides is 3. The van der Waals surface area contributed by atoms with Crippen LogP contribution in [-0.4, -0.2) is 40.2 Å². The van der Waals surface area contributed by atoms with Gasteiger partial charge < -0.3 is 10.6 Å². The SMILES string of the molecule is CN(C(=O)NCC(=O)Nc1ccc(-c2ccccc2S(C)(=O)=O)cc1F)c1ccc(Cl)cc1. The summed E-state index contributed by atoms with van der Waals surface area (Å²) in [5.74, 6) is -1.37. The first kappa shape index (κ1) is 24.2.